The third-order valence-corrected chi connectivity index (χ3v) is 3.62. The summed E-state index contributed by atoms with van der Waals surface area (Å²) in [4.78, 5) is 15.3. The lowest BCUT2D eigenvalue weighted by molar-refractivity contribution is -0.136. The van der Waals surface area contributed by atoms with Crippen molar-refractivity contribution >= 4 is 5.97 Å². The van der Waals surface area contributed by atoms with Crippen LogP contribution in [0.3, 0.4) is 0 Å². The summed E-state index contributed by atoms with van der Waals surface area (Å²) in [5.74, 6) is -1.71. The molecule has 0 atom stereocenters. The van der Waals surface area contributed by atoms with Gasteiger partial charge < -0.3 is 5.11 Å². The number of carboxylic acid groups (broad SMARTS) is 1. The van der Waals surface area contributed by atoms with Gasteiger partial charge in [0, 0.05) is 17.3 Å². The Hall–Kier alpha value is -3.08. The number of carboxylic acids is 1. The average Bonchev–Trinajstić information content (AvgIpc) is 2.56. The van der Waals surface area contributed by atoms with Crippen molar-refractivity contribution in [2.75, 3.05) is 0 Å². The predicted octanol–water partition coefficient (Wildman–Crippen LogP) is 4.32. The van der Waals surface area contributed by atoms with Crippen molar-refractivity contribution < 1.29 is 18.7 Å². The fourth-order valence-corrected chi connectivity index (χ4v) is 2.46. The highest BCUT2D eigenvalue weighted by Gasteiger charge is 2.12. The second kappa shape index (κ2) is 6.58. The lowest BCUT2D eigenvalue weighted by atomic mass is 9.98. The molecule has 24 heavy (non-hydrogen) atoms. The minimum Gasteiger partial charge on any atom is -0.481 e. The second-order valence-electron chi connectivity index (χ2n) is 5.30. The van der Waals surface area contributed by atoms with Gasteiger partial charge in [0.05, 0.1) is 12.1 Å². The quantitative estimate of drug-likeness (QED) is 0.777. The molecule has 0 aliphatic rings. The molecule has 0 aliphatic heterocycles. The van der Waals surface area contributed by atoms with E-state index in [9.17, 15) is 13.6 Å². The van der Waals surface area contributed by atoms with Gasteiger partial charge in [-0.15, -0.1) is 0 Å². The molecule has 1 N–H and O–H groups in total. The van der Waals surface area contributed by atoms with Crippen LogP contribution in [0.5, 0.6) is 0 Å². The predicted molar refractivity (Wildman–Crippen MR) is 86.4 cm³/mol. The lowest BCUT2D eigenvalue weighted by Crippen LogP contribution is -2.04. The van der Waals surface area contributed by atoms with Crippen molar-refractivity contribution in [1.82, 2.24) is 4.98 Å². The summed E-state index contributed by atoms with van der Waals surface area (Å²) in [7, 11) is 0. The molecule has 0 aliphatic carbocycles. The van der Waals surface area contributed by atoms with Crippen molar-refractivity contribution in [2.24, 2.45) is 0 Å². The molecule has 0 saturated carbocycles. The van der Waals surface area contributed by atoms with E-state index in [4.69, 9.17) is 5.11 Å². The maximum atomic E-state index is 13.1. The Morgan fingerprint density at radius 1 is 0.875 bits per heavy atom. The van der Waals surface area contributed by atoms with E-state index in [1.807, 2.05) is 0 Å². The van der Waals surface area contributed by atoms with Crippen LogP contribution >= 0.6 is 0 Å². The molecule has 3 nitrogen and oxygen atoms in total. The number of aliphatic carboxylic acids is 1. The number of pyridine rings is 1. The third-order valence-electron chi connectivity index (χ3n) is 3.62. The molecule has 0 saturated heterocycles. The maximum absolute atomic E-state index is 13.1. The summed E-state index contributed by atoms with van der Waals surface area (Å²) in [6, 6.07) is 13.5. The van der Waals surface area contributed by atoms with Crippen molar-refractivity contribution in [3.63, 3.8) is 0 Å². The topological polar surface area (TPSA) is 50.2 Å². The molecule has 0 unspecified atom stereocenters. The SMILES string of the molecule is O=C(O)Cc1ncc(-c2ccc(F)cc2)cc1-c1ccc(F)cc1. The first kappa shape index (κ1) is 15.8. The Kier molecular flexibility index (Phi) is 4.33. The maximum Gasteiger partial charge on any atom is 0.309 e. The molecule has 0 amide bonds. The summed E-state index contributed by atoms with van der Waals surface area (Å²) in [6.45, 7) is 0. The number of carbonyl (C=O) groups is 1. The fourth-order valence-electron chi connectivity index (χ4n) is 2.46. The number of halogens is 2. The van der Waals surface area contributed by atoms with Gasteiger partial charge in [0.25, 0.3) is 0 Å². The Morgan fingerprint density at radius 3 is 1.96 bits per heavy atom. The van der Waals surface area contributed by atoms with E-state index in [-0.39, 0.29) is 18.1 Å². The smallest absolute Gasteiger partial charge is 0.309 e. The number of aromatic nitrogens is 1. The highest BCUT2D eigenvalue weighted by molar-refractivity contribution is 5.78. The van der Waals surface area contributed by atoms with Crippen LogP contribution in [-0.2, 0) is 11.2 Å². The minimum atomic E-state index is -1.000. The summed E-state index contributed by atoms with van der Waals surface area (Å²) >= 11 is 0. The van der Waals surface area contributed by atoms with E-state index < -0.39 is 5.97 Å². The number of hydrogen-bond acceptors (Lipinski definition) is 2. The lowest BCUT2D eigenvalue weighted by Gasteiger charge is -2.10. The fraction of sp³-hybridized carbons (Fsp3) is 0.0526. The zero-order valence-electron chi connectivity index (χ0n) is 12.5. The van der Waals surface area contributed by atoms with E-state index in [2.05, 4.69) is 4.98 Å². The molecule has 0 spiro atoms. The Bertz CT molecular complexity index is 875. The summed E-state index contributed by atoms with van der Waals surface area (Å²) in [6.07, 6.45) is 1.31. The molecule has 5 heteroatoms. The van der Waals surface area contributed by atoms with Gasteiger partial charge in [0.2, 0.25) is 0 Å². The largest absolute Gasteiger partial charge is 0.481 e. The van der Waals surface area contributed by atoms with E-state index in [0.717, 1.165) is 11.1 Å². The molecule has 120 valence electrons. The first-order valence-corrected chi connectivity index (χ1v) is 7.25. The number of rotatable bonds is 4. The normalized spacial score (nSPS) is 10.6. The van der Waals surface area contributed by atoms with Gasteiger partial charge in [-0.1, -0.05) is 24.3 Å². The van der Waals surface area contributed by atoms with Crippen LogP contribution in [0, 0.1) is 11.6 Å². The van der Waals surface area contributed by atoms with Gasteiger partial charge in [-0.25, -0.2) is 8.78 Å². The van der Waals surface area contributed by atoms with Crippen molar-refractivity contribution in [3.8, 4) is 22.3 Å². The van der Waals surface area contributed by atoms with Crippen molar-refractivity contribution in [2.45, 2.75) is 6.42 Å². The Balaban J connectivity index is 2.11. The zero-order valence-corrected chi connectivity index (χ0v) is 12.5. The molecule has 3 rings (SSSR count). The Morgan fingerprint density at radius 2 is 1.42 bits per heavy atom. The Labute approximate surface area is 137 Å². The summed E-state index contributed by atoms with van der Waals surface area (Å²) in [5, 5.41) is 9.06. The highest BCUT2D eigenvalue weighted by Crippen LogP contribution is 2.29. The van der Waals surface area contributed by atoms with Crippen molar-refractivity contribution in [3.05, 3.63) is 78.1 Å². The van der Waals surface area contributed by atoms with Gasteiger partial charge >= 0.3 is 5.97 Å². The summed E-state index contributed by atoms with van der Waals surface area (Å²) in [5.41, 5.74) is 3.15. The van der Waals surface area contributed by atoms with Crippen LogP contribution in [0.1, 0.15) is 5.69 Å². The molecular weight excluding hydrogens is 312 g/mol. The summed E-state index contributed by atoms with van der Waals surface area (Å²) < 4.78 is 26.2. The highest BCUT2D eigenvalue weighted by atomic mass is 19.1. The van der Waals surface area contributed by atoms with Gasteiger partial charge in [-0.3, -0.25) is 9.78 Å². The van der Waals surface area contributed by atoms with Gasteiger partial charge in [-0.05, 0) is 41.5 Å². The number of nitrogens with zero attached hydrogens (tertiary/aromatic N) is 1. The monoisotopic (exact) mass is 325 g/mol. The molecule has 2 aromatic carbocycles. The number of hydrogen-bond donors (Lipinski definition) is 1. The van der Waals surface area contributed by atoms with Crippen LogP contribution in [0.4, 0.5) is 8.78 Å². The number of benzene rings is 2. The third kappa shape index (κ3) is 3.46. The van der Waals surface area contributed by atoms with Crippen LogP contribution in [0.15, 0.2) is 60.8 Å². The van der Waals surface area contributed by atoms with Crippen molar-refractivity contribution in [1.29, 1.82) is 0 Å². The van der Waals surface area contributed by atoms with E-state index >= 15 is 0 Å². The molecule has 0 fully saturated rings. The van der Waals surface area contributed by atoms with E-state index in [1.165, 1.54) is 24.3 Å². The van der Waals surface area contributed by atoms with Gasteiger partial charge in [0.1, 0.15) is 11.6 Å². The van der Waals surface area contributed by atoms with E-state index in [0.29, 0.717) is 16.8 Å². The molecule has 1 aromatic heterocycles. The molecule has 1 heterocycles. The van der Waals surface area contributed by atoms with Crippen LogP contribution < -0.4 is 0 Å². The first-order valence-electron chi connectivity index (χ1n) is 7.25. The average molecular weight is 325 g/mol. The molecule has 3 aromatic rings. The molecular formula is C19H13F2NO2. The van der Waals surface area contributed by atoms with E-state index in [1.54, 1.807) is 36.5 Å². The first-order chi connectivity index (χ1) is 11.5. The zero-order chi connectivity index (χ0) is 17.1. The minimum absolute atomic E-state index is 0.240. The van der Waals surface area contributed by atoms with Gasteiger partial charge in [0.15, 0.2) is 0 Å². The second-order valence-corrected chi connectivity index (χ2v) is 5.30. The van der Waals surface area contributed by atoms with Crippen LogP contribution in [-0.4, -0.2) is 16.1 Å². The van der Waals surface area contributed by atoms with Crippen LogP contribution in [0.25, 0.3) is 22.3 Å². The van der Waals surface area contributed by atoms with Gasteiger partial charge in [-0.2, -0.15) is 0 Å². The molecule has 0 bridgehead atoms. The van der Waals surface area contributed by atoms with Crippen LogP contribution in [0.2, 0.25) is 0 Å². The molecule has 0 radical (unpaired) electrons. The standard InChI is InChI=1S/C19H13F2NO2/c20-15-5-1-12(2-6-15)14-9-17(13-3-7-16(21)8-4-13)18(22-11-14)10-19(23)24/h1-9,11H,10H2,(H,23,24).